The second-order valence-electron chi connectivity index (χ2n) is 5.25. The molecule has 0 aliphatic carbocycles. The van der Waals surface area contributed by atoms with Gasteiger partial charge < -0.3 is 10.3 Å². The molecule has 2 N–H and O–H groups in total. The molecule has 0 spiro atoms. The summed E-state index contributed by atoms with van der Waals surface area (Å²) in [5.41, 5.74) is 7.88. The first-order valence-electron chi connectivity index (χ1n) is 6.39. The highest BCUT2D eigenvalue weighted by Crippen LogP contribution is 2.36. The van der Waals surface area contributed by atoms with E-state index in [9.17, 15) is 10.1 Å². The van der Waals surface area contributed by atoms with Crippen molar-refractivity contribution in [2.24, 2.45) is 5.92 Å². The van der Waals surface area contributed by atoms with Crippen molar-refractivity contribution in [3.8, 4) is 11.3 Å². The van der Waals surface area contributed by atoms with Crippen molar-refractivity contribution >= 4 is 11.5 Å². The number of nitro benzene ring substituents is 1. The van der Waals surface area contributed by atoms with E-state index in [1.807, 2.05) is 20.8 Å². The molecule has 0 fully saturated rings. The van der Waals surface area contributed by atoms with Crippen LogP contribution in [0.1, 0.15) is 25.0 Å². The van der Waals surface area contributed by atoms with E-state index in [1.54, 1.807) is 12.1 Å². The molecule has 6 nitrogen and oxygen atoms in total. The number of nitrogen functional groups attached to an aromatic ring is 1. The predicted molar refractivity (Wildman–Crippen MR) is 76.3 cm³/mol. The Morgan fingerprint density at radius 3 is 2.75 bits per heavy atom. The highest BCUT2D eigenvalue weighted by Gasteiger charge is 2.24. The molecule has 106 valence electrons. The largest absolute Gasteiger partial charge is 0.381 e. The molecular formula is C14H17N3O3. The van der Waals surface area contributed by atoms with Crippen molar-refractivity contribution < 1.29 is 9.45 Å². The molecule has 0 unspecified atom stereocenters. The van der Waals surface area contributed by atoms with Crippen molar-refractivity contribution in [3.63, 3.8) is 0 Å². The number of anilines is 1. The molecule has 20 heavy (non-hydrogen) atoms. The average Bonchev–Trinajstić information content (AvgIpc) is 2.70. The molecule has 1 heterocycles. The normalized spacial score (nSPS) is 11.0. The monoisotopic (exact) mass is 275 g/mol. The van der Waals surface area contributed by atoms with Gasteiger partial charge in [-0.05, 0) is 30.9 Å². The van der Waals surface area contributed by atoms with Gasteiger partial charge in [-0.3, -0.25) is 10.1 Å². The summed E-state index contributed by atoms with van der Waals surface area (Å²) in [6, 6.07) is 4.90. The van der Waals surface area contributed by atoms with Gasteiger partial charge in [0.25, 0.3) is 5.69 Å². The van der Waals surface area contributed by atoms with Gasteiger partial charge in [0.2, 0.25) is 0 Å². The molecule has 0 aliphatic rings. The lowest BCUT2D eigenvalue weighted by molar-refractivity contribution is -0.384. The number of hydrogen-bond donors (Lipinski definition) is 1. The standard InChI is InChI=1S/C14H17N3O3/c1-8(2)6-11-13(20-16-14(11)15)10-7-9(3)4-5-12(10)17(18)19/h4-5,7-8H,6H2,1-3H3,(H2,15,16). The maximum atomic E-state index is 11.2. The molecule has 2 rings (SSSR count). The van der Waals surface area contributed by atoms with Crippen LogP contribution in [0.4, 0.5) is 11.5 Å². The van der Waals surface area contributed by atoms with Gasteiger partial charge in [-0.1, -0.05) is 25.1 Å². The number of nitro groups is 1. The number of rotatable bonds is 4. The van der Waals surface area contributed by atoms with E-state index in [2.05, 4.69) is 5.16 Å². The second-order valence-corrected chi connectivity index (χ2v) is 5.25. The van der Waals surface area contributed by atoms with Crippen molar-refractivity contribution in [2.45, 2.75) is 27.2 Å². The molecule has 0 radical (unpaired) electrons. The zero-order chi connectivity index (χ0) is 14.9. The van der Waals surface area contributed by atoms with Gasteiger partial charge in [-0.15, -0.1) is 0 Å². The van der Waals surface area contributed by atoms with E-state index in [0.717, 1.165) is 11.1 Å². The third-order valence-corrected chi connectivity index (χ3v) is 3.02. The lowest BCUT2D eigenvalue weighted by atomic mass is 9.98. The van der Waals surface area contributed by atoms with Gasteiger partial charge in [0.1, 0.15) is 0 Å². The maximum absolute atomic E-state index is 11.2. The molecule has 0 atom stereocenters. The van der Waals surface area contributed by atoms with Crippen LogP contribution in [0.3, 0.4) is 0 Å². The van der Waals surface area contributed by atoms with Gasteiger partial charge in [0, 0.05) is 11.6 Å². The molecule has 0 bridgehead atoms. The first kappa shape index (κ1) is 14.0. The minimum absolute atomic E-state index is 0.00300. The Bertz CT molecular complexity index is 647. The van der Waals surface area contributed by atoms with Crippen LogP contribution in [0.2, 0.25) is 0 Å². The minimum atomic E-state index is -0.424. The molecular weight excluding hydrogens is 258 g/mol. The highest BCUT2D eigenvalue weighted by molar-refractivity contribution is 5.75. The fourth-order valence-electron chi connectivity index (χ4n) is 2.13. The van der Waals surface area contributed by atoms with Crippen LogP contribution >= 0.6 is 0 Å². The smallest absolute Gasteiger partial charge is 0.280 e. The first-order chi connectivity index (χ1) is 9.40. The van der Waals surface area contributed by atoms with Gasteiger partial charge in [0.15, 0.2) is 11.6 Å². The SMILES string of the molecule is Cc1ccc([N+](=O)[O-])c(-c2onc(N)c2CC(C)C)c1. The lowest BCUT2D eigenvalue weighted by Gasteiger charge is -2.06. The van der Waals surface area contributed by atoms with E-state index >= 15 is 0 Å². The van der Waals surface area contributed by atoms with Crippen LogP contribution in [-0.2, 0) is 6.42 Å². The Kier molecular flexibility index (Phi) is 3.74. The number of hydrogen-bond acceptors (Lipinski definition) is 5. The summed E-state index contributed by atoms with van der Waals surface area (Å²) in [5, 5.41) is 14.9. The van der Waals surface area contributed by atoms with E-state index in [0.29, 0.717) is 29.5 Å². The number of benzene rings is 1. The molecule has 1 aromatic carbocycles. The summed E-state index contributed by atoms with van der Waals surface area (Å²) in [6.45, 7) is 5.96. The summed E-state index contributed by atoms with van der Waals surface area (Å²) in [4.78, 5) is 10.7. The third kappa shape index (κ3) is 2.64. The summed E-state index contributed by atoms with van der Waals surface area (Å²) < 4.78 is 5.25. The van der Waals surface area contributed by atoms with Gasteiger partial charge in [-0.2, -0.15) is 0 Å². The molecule has 0 saturated carbocycles. The van der Waals surface area contributed by atoms with Gasteiger partial charge in [0.05, 0.1) is 10.5 Å². The van der Waals surface area contributed by atoms with E-state index in [-0.39, 0.29) is 5.69 Å². The quantitative estimate of drug-likeness (QED) is 0.682. The predicted octanol–water partition coefficient (Wildman–Crippen LogP) is 3.34. The zero-order valence-corrected chi connectivity index (χ0v) is 11.7. The summed E-state index contributed by atoms with van der Waals surface area (Å²) in [5.74, 6) is 1.04. The topological polar surface area (TPSA) is 95.2 Å². The van der Waals surface area contributed by atoms with E-state index < -0.39 is 4.92 Å². The average molecular weight is 275 g/mol. The van der Waals surface area contributed by atoms with Crippen LogP contribution in [0, 0.1) is 23.0 Å². The molecule has 0 amide bonds. The van der Waals surface area contributed by atoms with E-state index in [4.69, 9.17) is 10.3 Å². The summed E-state index contributed by atoms with van der Waals surface area (Å²) in [7, 11) is 0. The molecule has 0 saturated heterocycles. The molecule has 2 aromatic rings. The Morgan fingerprint density at radius 1 is 1.45 bits per heavy atom. The fourth-order valence-corrected chi connectivity index (χ4v) is 2.13. The highest BCUT2D eigenvalue weighted by atomic mass is 16.6. The van der Waals surface area contributed by atoms with Crippen LogP contribution in [0.5, 0.6) is 0 Å². The van der Waals surface area contributed by atoms with Crippen molar-refractivity contribution in [3.05, 3.63) is 39.4 Å². The van der Waals surface area contributed by atoms with E-state index in [1.165, 1.54) is 6.07 Å². The number of aryl methyl sites for hydroxylation is 1. The Labute approximate surface area is 116 Å². The van der Waals surface area contributed by atoms with Crippen molar-refractivity contribution in [1.82, 2.24) is 5.16 Å². The Morgan fingerprint density at radius 2 is 2.15 bits per heavy atom. The van der Waals surface area contributed by atoms with Gasteiger partial charge in [-0.25, -0.2) is 0 Å². The Hall–Kier alpha value is -2.37. The third-order valence-electron chi connectivity index (χ3n) is 3.02. The number of nitrogens with two attached hydrogens (primary N) is 1. The van der Waals surface area contributed by atoms with Gasteiger partial charge >= 0.3 is 0 Å². The summed E-state index contributed by atoms with van der Waals surface area (Å²) >= 11 is 0. The lowest BCUT2D eigenvalue weighted by Crippen LogP contribution is -2.00. The van der Waals surface area contributed by atoms with Crippen molar-refractivity contribution in [2.75, 3.05) is 5.73 Å². The van der Waals surface area contributed by atoms with Crippen LogP contribution in [0.15, 0.2) is 22.7 Å². The van der Waals surface area contributed by atoms with Crippen LogP contribution < -0.4 is 5.73 Å². The molecule has 0 aliphatic heterocycles. The first-order valence-corrected chi connectivity index (χ1v) is 6.39. The number of aromatic nitrogens is 1. The van der Waals surface area contributed by atoms with Crippen LogP contribution in [-0.4, -0.2) is 10.1 Å². The fraction of sp³-hybridized carbons (Fsp3) is 0.357. The maximum Gasteiger partial charge on any atom is 0.280 e. The zero-order valence-electron chi connectivity index (χ0n) is 11.7. The Balaban J connectivity index is 2.62. The minimum Gasteiger partial charge on any atom is -0.381 e. The second kappa shape index (κ2) is 5.32. The number of nitrogens with zero attached hydrogens (tertiary/aromatic N) is 2. The van der Waals surface area contributed by atoms with Crippen molar-refractivity contribution in [1.29, 1.82) is 0 Å². The molecule has 6 heteroatoms. The summed E-state index contributed by atoms with van der Waals surface area (Å²) in [6.07, 6.45) is 0.662. The molecule has 1 aromatic heterocycles. The van der Waals surface area contributed by atoms with Crippen LogP contribution in [0.25, 0.3) is 11.3 Å².